The number of hydrogen-bond donors (Lipinski definition) is 1. The minimum atomic E-state index is -0.146. The van der Waals surface area contributed by atoms with E-state index in [0.717, 1.165) is 36.2 Å². The minimum absolute atomic E-state index is 0.146. The Bertz CT molecular complexity index is 717. The molecule has 2 aromatic rings. The highest BCUT2D eigenvalue weighted by Gasteiger charge is 2.10. The van der Waals surface area contributed by atoms with E-state index in [1.54, 1.807) is 10.8 Å². The second-order valence-corrected chi connectivity index (χ2v) is 6.26. The van der Waals surface area contributed by atoms with Gasteiger partial charge in [0.05, 0.1) is 5.69 Å². The van der Waals surface area contributed by atoms with Crippen molar-refractivity contribution < 1.29 is 4.79 Å². The van der Waals surface area contributed by atoms with Crippen LogP contribution < -0.4 is 5.32 Å². The first-order valence-corrected chi connectivity index (χ1v) is 8.63. The quantitative estimate of drug-likeness (QED) is 0.761. The molecule has 1 amide bonds. The molecule has 2 rings (SSSR count). The van der Waals surface area contributed by atoms with Crippen LogP contribution in [0.4, 0.5) is 0 Å². The molecule has 128 valence electrons. The number of rotatable bonds is 7. The molecule has 5 heteroatoms. The lowest BCUT2D eigenvalue weighted by atomic mass is 10.1. The van der Waals surface area contributed by atoms with Gasteiger partial charge in [0.2, 0.25) is 5.91 Å². The average Bonchev–Trinajstić information content (AvgIpc) is 2.84. The summed E-state index contributed by atoms with van der Waals surface area (Å²) in [5, 5.41) is 7.89. The molecule has 24 heavy (non-hydrogen) atoms. The van der Waals surface area contributed by atoms with Crippen molar-refractivity contribution in [1.82, 2.24) is 15.1 Å². The maximum Gasteiger partial charge on any atom is 0.244 e. The molecule has 4 nitrogen and oxygen atoms in total. The molecule has 0 radical (unpaired) electrons. The molecule has 0 bridgehead atoms. The van der Waals surface area contributed by atoms with Crippen LogP contribution in [0.15, 0.2) is 30.3 Å². The van der Waals surface area contributed by atoms with Crippen molar-refractivity contribution >= 4 is 23.6 Å². The van der Waals surface area contributed by atoms with Crippen molar-refractivity contribution in [2.24, 2.45) is 0 Å². The van der Waals surface area contributed by atoms with E-state index in [2.05, 4.69) is 17.3 Å². The Balaban J connectivity index is 1.96. The third kappa shape index (κ3) is 4.96. The van der Waals surface area contributed by atoms with Gasteiger partial charge in [0.25, 0.3) is 0 Å². The highest BCUT2D eigenvalue weighted by molar-refractivity contribution is 6.31. The maximum atomic E-state index is 12.0. The average molecular weight is 346 g/mol. The predicted molar refractivity (Wildman–Crippen MR) is 98.9 cm³/mol. The highest BCUT2D eigenvalue weighted by atomic mass is 35.5. The molecule has 1 aromatic heterocycles. The number of halogens is 1. The van der Waals surface area contributed by atoms with Gasteiger partial charge in [-0.25, -0.2) is 0 Å². The minimum Gasteiger partial charge on any atom is -0.348 e. The van der Waals surface area contributed by atoms with Gasteiger partial charge >= 0.3 is 0 Å². The van der Waals surface area contributed by atoms with Gasteiger partial charge in [-0.3, -0.25) is 9.48 Å². The Morgan fingerprint density at radius 3 is 2.67 bits per heavy atom. The summed E-state index contributed by atoms with van der Waals surface area (Å²) in [4.78, 5) is 12.0. The van der Waals surface area contributed by atoms with Crippen LogP contribution in [-0.2, 0) is 17.9 Å². The molecule has 0 saturated carbocycles. The van der Waals surface area contributed by atoms with Crippen LogP contribution in [0.1, 0.15) is 42.1 Å². The van der Waals surface area contributed by atoms with Crippen molar-refractivity contribution in [1.29, 1.82) is 0 Å². The molecular formula is C19H24ClN3O. The molecule has 0 saturated heterocycles. The fraction of sp³-hybridized carbons (Fsp3) is 0.368. The van der Waals surface area contributed by atoms with Gasteiger partial charge in [0.15, 0.2) is 0 Å². The lowest BCUT2D eigenvalue weighted by molar-refractivity contribution is -0.116. The van der Waals surface area contributed by atoms with E-state index in [1.165, 1.54) is 11.6 Å². The summed E-state index contributed by atoms with van der Waals surface area (Å²) < 4.78 is 1.80. The number of amides is 1. The zero-order valence-corrected chi connectivity index (χ0v) is 15.2. The van der Waals surface area contributed by atoms with E-state index >= 15 is 0 Å². The van der Waals surface area contributed by atoms with Crippen molar-refractivity contribution in [2.75, 3.05) is 0 Å². The second-order valence-electron chi connectivity index (χ2n) is 5.90. The number of nitrogens with one attached hydrogen (secondary N) is 1. The van der Waals surface area contributed by atoms with E-state index in [4.69, 9.17) is 11.6 Å². The van der Waals surface area contributed by atoms with Crippen LogP contribution >= 0.6 is 11.6 Å². The normalized spacial score (nSPS) is 11.2. The Hall–Kier alpha value is -2.07. The van der Waals surface area contributed by atoms with E-state index in [0.29, 0.717) is 11.7 Å². The molecule has 0 atom stereocenters. The maximum absolute atomic E-state index is 12.0. The SMILES string of the molecule is CCCCn1nc(C)c(/C=C/C(=O)NCc2ccc(C)cc2)c1Cl. The number of aryl methyl sites for hydroxylation is 3. The lowest BCUT2D eigenvalue weighted by Gasteiger charge is -2.03. The summed E-state index contributed by atoms with van der Waals surface area (Å²) in [6.45, 7) is 7.37. The smallest absolute Gasteiger partial charge is 0.244 e. The van der Waals surface area contributed by atoms with Crippen LogP contribution in [0.25, 0.3) is 6.08 Å². The largest absolute Gasteiger partial charge is 0.348 e. The zero-order valence-electron chi connectivity index (χ0n) is 14.5. The molecule has 1 heterocycles. The number of carbonyl (C=O) groups is 1. The van der Waals surface area contributed by atoms with Crippen LogP contribution in [0.3, 0.4) is 0 Å². The van der Waals surface area contributed by atoms with Crippen molar-refractivity contribution in [3.63, 3.8) is 0 Å². The van der Waals surface area contributed by atoms with Crippen molar-refractivity contribution in [3.8, 4) is 0 Å². The van der Waals surface area contributed by atoms with Crippen LogP contribution in [-0.4, -0.2) is 15.7 Å². The van der Waals surface area contributed by atoms with Gasteiger partial charge in [-0.15, -0.1) is 0 Å². The van der Waals surface area contributed by atoms with E-state index in [1.807, 2.05) is 38.1 Å². The lowest BCUT2D eigenvalue weighted by Crippen LogP contribution is -2.20. The first kappa shape index (κ1) is 18.3. The molecule has 1 N–H and O–H groups in total. The number of carbonyl (C=O) groups excluding carboxylic acids is 1. The van der Waals surface area contributed by atoms with Gasteiger partial charge in [-0.1, -0.05) is 54.8 Å². The molecule has 0 unspecified atom stereocenters. The molecular weight excluding hydrogens is 322 g/mol. The van der Waals surface area contributed by atoms with Gasteiger partial charge in [0.1, 0.15) is 5.15 Å². The summed E-state index contributed by atoms with van der Waals surface area (Å²) in [6, 6.07) is 8.09. The Kier molecular flexibility index (Phi) is 6.62. The second kappa shape index (κ2) is 8.69. The number of benzene rings is 1. The number of hydrogen-bond acceptors (Lipinski definition) is 2. The summed E-state index contributed by atoms with van der Waals surface area (Å²) in [6.07, 6.45) is 5.36. The molecule has 1 aromatic carbocycles. The molecule has 0 aliphatic rings. The third-order valence-electron chi connectivity index (χ3n) is 3.82. The number of aromatic nitrogens is 2. The third-order valence-corrected chi connectivity index (χ3v) is 4.22. The number of unbranched alkanes of at least 4 members (excludes halogenated alkanes) is 1. The summed E-state index contributed by atoms with van der Waals surface area (Å²) in [5.74, 6) is -0.146. The molecule has 0 fully saturated rings. The fourth-order valence-electron chi connectivity index (χ4n) is 2.33. The summed E-state index contributed by atoms with van der Waals surface area (Å²) in [5.41, 5.74) is 3.91. The fourth-order valence-corrected chi connectivity index (χ4v) is 2.65. The van der Waals surface area contributed by atoms with E-state index in [9.17, 15) is 4.79 Å². The van der Waals surface area contributed by atoms with E-state index in [-0.39, 0.29) is 5.91 Å². The van der Waals surface area contributed by atoms with Crippen LogP contribution in [0.5, 0.6) is 0 Å². The van der Waals surface area contributed by atoms with Gasteiger partial charge in [-0.2, -0.15) is 5.10 Å². The Morgan fingerprint density at radius 2 is 2.00 bits per heavy atom. The first-order chi connectivity index (χ1) is 11.5. The van der Waals surface area contributed by atoms with Crippen molar-refractivity contribution in [2.45, 2.75) is 46.7 Å². The first-order valence-electron chi connectivity index (χ1n) is 8.25. The molecule has 0 spiro atoms. The van der Waals surface area contributed by atoms with Crippen LogP contribution in [0.2, 0.25) is 5.15 Å². The van der Waals surface area contributed by atoms with Gasteiger partial charge < -0.3 is 5.32 Å². The predicted octanol–water partition coefficient (Wildman–Crippen LogP) is 4.28. The van der Waals surface area contributed by atoms with Gasteiger partial charge in [-0.05, 0) is 31.9 Å². The monoisotopic (exact) mass is 345 g/mol. The van der Waals surface area contributed by atoms with Crippen LogP contribution in [0, 0.1) is 13.8 Å². The standard InChI is InChI=1S/C19H24ClN3O/c1-4-5-12-23-19(20)17(15(3)22-23)10-11-18(24)21-13-16-8-6-14(2)7-9-16/h6-11H,4-5,12-13H2,1-3H3,(H,21,24)/b11-10+. The van der Waals surface area contributed by atoms with Gasteiger partial charge in [0, 0.05) is 24.7 Å². The number of nitrogens with zero attached hydrogens (tertiary/aromatic N) is 2. The topological polar surface area (TPSA) is 46.9 Å². The zero-order chi connectivity index (χ0) is 17.5. The summed E-state index contributed by atoms with van der Waals surface area (Å²) >= 11 is 6.35. The Labute approximate surface area is 148 Å². The highest BCUT2D eigenvalue weighted by Crippen LogP contribution is 2.21. The summed E-state index contributed by atoms with van der Waals surface area (Å²) in [7, 11) is 0. The van der Waals surface area contributed by atoms with E-state index < -0.39 is 0 Å². The molecule has 0 aliphatic heterocycles. The molecule has 0 aliphatic carbocycles. The van der Waals surface area contributed by atoms with Crippen molar-refractivity contribution in [3.05, 3.63) is 57.9 Å². The Morgan fingerprint density at radius 1 is 1.29 bits per heavy atom.